The second-order valence-corrected chi connectivity index (χ2v) is 11.6. The molecule has 0 saturated heterocycles. The van der Waals surface area contributed by atoms with Gasteiger partial charge in [0.2, 0.25) is 5.88 Å². The van der Waals surface area contributed by atoms with Crippen molar-refractivity contribution in [1.29, 1.82) is 0 Å². The summed E-state index contributed by atoms with van der Waals surface area (Å²) in [6.45, 7) is 5.46. The van der Waals surface area contributed by atoms with E-state index in [0.717, 1.165) is 49.8 Å². The first-order chi connectivity index (χ1) is 20.1. The van der Waals surface area contributed by atoms with Crippen molar-refractivity contribution in [2.24, 2.45) is 21.8 Å². The topological polar surface area (TPSA) is 82.4 Å². The number of carbonyl (C=O) groups excluding carboxylic acids is 1. The number of halogens is 3. The maximum absolute atomic E-state index is 14.3. The summed E-state index contributed by atoms with van der Waals surface area (Å²) in [5.74, 6) is -1.74. The van der Waals surface area contributed by atoms with Crippen LogP contribution in [0.5, 0.6) is 11.6 Å². The molecule has 7 nitrogen and oxygen atoms in total. The molecule has 10 heteroatoms. The van der Waals surface area contributed by atoms with Gasteiger partial charge in [-0.2, -0.15) is 0 Å². The summed E-state index contributed by atoms with van der Waals surface area (Å²) >= 11 is 6.22. The van der Waals surface area contributed by atoms with E-state index < -0.39 is 28.9 Å². The summed E-state index contributed by atoms with van der Waals surface area (Å²) < 4.78 is 45.7. The van der Waals surface area contributed by atoms with Gasteiger partial charge in [0.05, 0.1) is 30.1 Å². The van der Waals surface area contributed by atoms with Crippen LogP contribution in [0.25, 0.3) is 0 Å². The van der Waals surface area contributed by atoms with Crippen LogP contribution >= 0.6 is 11.6 Å². The molecular weight excluding hydrogens is 564 g/mol. The second kappa shape index (κ2) is 12.3. The molecule has 0 radical (unpaired) electrons. The third-order valence-electron chi connectivity index (χ3n) is 7.86. The molecule has 222 valence electrons. The van der Waals surface area contributed by atoms with Gasteiger partial charge in [0.1, 0.15) is 5.75 Å². The Labute approximate surface area is 248 Å². The monoisotopic (exact) mass is 597 g/mol. The van der Waals surface area contributed by atoms with E-state index in [-0.39, 0.29) is 25.0 Å². The summed E-state index contributed by atoms with van der Waals surface area (Å²) in [4.78, 5) is 26.6. The molecule has 1 aliphatic heterocycles. The van der Waals surface area contributed by atoms with Crippen molar-refractivity contribution < 1.29 is 27.8 Å². The molecule has 0 bridgehead atoms. The minimum absolute atomic E-state index is 0.193. The van der Waals surface area contributed by atoms with Crippen LogP contribution in [0.4, 0.5) is 8.78 Å². The van der Waals surface area contributed by atoms with Crippen molar-refractivity contribution >= 4 is 17.6 Å². The van der Waals surface area contributed by atoms with Crippen molar-refractivity contribution in [1.82, 2.24) is 4.98 Å². The van der Waals surface area contributed by atoms with Gasteiger partial charge in [0.25, 0.3) is 0 Å². The number of hydrogen-bond acceptors (Lipinski definition) is 7. The van der Waals surface area contributed by atoms with Gasteiger partial charge in [0.15, 0.2) is 22.9 Å². The van der Waals surface area contributed by atoms with Crippen LogP contribution < -0.4 is 20.2 Å². The molecule has 2 aromatic carbocycles. The summed E-state index contributed by atoms with van der Waals surface area (Å²) in [5.41, 5.74) is -1.58. The molecule has 2 aliphatic rings. The zero-order valence-electron chi connectivity index (χ0n) is 23.9. The molecular formula is C32H34ClF2N3O4. The Morgan fingerprint density at radius 3 is 2.24 bits per heavy atom. The van der Waals surface area contributed by atoms with Gasteiger partial charge < -0.3 is 14.2 Å². The van der Waals surface area contributed by atoms with E-state index in [2.05, 4.69) is 4.98 Å². The molecule has 2 heterocycles. The van der Waals surface area contributed by atoms with Crippen molar-refractivity contribution in [3.8, 4) is 11.6 Å². The lowest BCUT2D eigenvalue weighted by Crippen LogP contribution is -2.41. The van der Waals surface area contributed by atoms with Gasteiger partial charge >= 0.3 is 5.97 Å². The van der Waals surface area contributed by atoms with Gasteiger partial charge in [-0.1, -0.05) is 43.0 Å². The quantitative estimate of drug-likeness (QED) is 0.263. The molecule has 1 unspecified atom stereocenters. The Hall–Kier alpha value is -3.59. The largest absolute Gasteiger partial charge is 0.477 e. The van der Waals surface area contributed by atoms with Gasteiger partial charge in [-0.15, -0.1) is 0 Å². The first-order valence-corrected chi connectivity index (χ1v) is 14.6. The van der Waals surface area contributed by atoms with E-state index >= 15 is 0 Å². The number of ether oxygens (including phenoxy) is 3. The van der Waals surface area contributed by atoms with Gasteiger partial charge in [-0.05, 0) is 57.7 Å². The fraction of sp³-hybridized carbons (Fsp3) is 0.438. The van der Waals surface area contributed by atoms with Crippen molar-refractivity contribution in [2.45, 2.75) is 64.1 Å². The van der Waals surface area contributed by atoms with Crippen LogP contribution in [0.2, 0.25) is 5.02 Å². The maximum atomic E-state index is 14.3. The molecule has 5 rings (SSSR count). The number of fused-ring (bicyclic) bond motifs is 1. The summed E-state index contributed by atoms with van der Waals surface area (Å²) in [6.07, 6.45) is 6.68. The number of hydrogen-bond donors (Lipinski definition) is 0. The van der Waals surface area contributed by atoms with Crippen molar-refractivity contribution in [3.63, 3.8) is 0 Å². The van der Waals surface area contributed by atoms with E-state index in [4.69, 9.17) is 35.8 Å². The normalized spacial score (nSPS) is 17.0. The minimum Gasteiger partial charge on any atom is -0.477 e. The highest BCUT2D eigenvalue weighted by Gasteiger charge is 2.47. The Kier molecular flexibility index (Phi) is 8.78. The number of esters is 1. The average molecular weight is 598 g/mol. The van der Waals surface area contributed by atoms with Crippen LogP contribution in [-0.2, 0) is 15.2 Å². The van der Waals surface area contributed by atoms with E-state index in [1.54, 1.807) is 45.0 Å². The molecule has 0 spiro atoms. The lowest BCUT2D eigenvalue weighted by molar-refractivity contribution is -0.158. The number of rotatable bonds is 10. The van der Waals surface area contributed by atoms with E-state index in [1.807, 2.05) is 12.1 Å². The van der Waals surface area contributed by atoms with Crippen LogP contribution in [-0.4, -0.2) is 29.8 Å². The average Bonchev–Trinajstić information content (AvgIpc) is 3.34. The number of carbonyl (C=O) groups is 1. The lowest BCUT2D eigenvalue weighted by atomic mass is 9.72. The first kappa shape index (κ1) is 29.9. The minimum atomic E-state index is -1.18. The number of pyridine rings is 1. The predicted molar refractivity (Wildman–Crippen MR) is 153 cm³/mol. The van der Waals surface area contributed by atoms with Gasteiger partial charge in [-0.25, -0.2) is 28.5 Å². The summed E-state index contributed by atoms with van der Waals surface area (Å²) in [5, 5.41) is 1.16. The van der Waals surface area contributed by atoms with Crippen LogP contribution in [0, 0.1) is 23.5 Å². The summed E-state index contributed by atoms with van der Waals surface area (Å²) in [6, 6.07) is 12.8. The molecule has 1 atom stereocenters. The van der Waals surface area contributed by atoms with Crippen LogP contribution in [0.1, 0.15) is 58.4 Å². The molecule has 0 amide bonds. The Morgan fingerprint density at radius 1 is 1.02 bits per heavy atom. The van der Waals surface area contributed by atoms with Gasteiger partial charge in [-0.3, -0.25) is 0 Å². The zero-order chi connectivity index (χ0) is 29.9. The third-order valence-corrected chi connectivity index (χ3v) is 8.12. The highest BCUT2D eigenvalue weighted by molar-refractivity contribution is 6.30. The lowest BCUT2D eigenvalue weighted by Gasteiger charge is -2.39. The maximum Gasteiger partial charge on any atom is 0.349 e. The Bertz CT molecular complexity index is 1500. The highest BCUT2D eigenvalue weighted by Crippen LogP contribution is 2.45. The van der Waals surface area contributed by atoms with E-state index in [0.29, 0.717) is 27.4 Å². The zero-order valence-corrected chi connectivity index (χ0v) is 24.7. The SMILES string of the molecule is CCOC(=O)C(C)(C)Oc1ccc(OCC(C2CCCCC2)C2(c3ccc(Cl)cc3)N=c3cc(F)c(F)cc3=N2)nc1. The smallest absolute Gasteiger partial charge is 0.349 e. The van der Waals surface area contributed by atoms with E-state index in [9.17, 15) is 13.6 Å². The highest BCUT2D eigenvalue weighted by atomic mass is 35.5. The molecule has 1 fully saturated rings. The second-order valence-electron chi connectivity index (χ2n) is 11.2. The predicted octanol–water partition coefficient (Wildman–Crippen LogP) is 6.12. The number of benzene rings is 2. The fourth-order valence-corrected chi connectivity index (χ4v) is 5.87. The number of nitrogens with zero attached hydrogens (tertiary/aromatic N) is 3. The molecule has 0 N–H and O–H groups in total. The van der Waals surface area contributed by atoms with Crippen LogP contribution in [0.3, 0.4) is 0 Å². The standard InChI is InChI=1S/C32H34ClF2N3O4/c1-4-40-30(39)31(2,3)42-23-14-15-29(36-18-23)41-19-24(20-8-6-5-7-9-20)32(21-10-12-22(33)13-11-21)37-27-16-25(34)26(35)17-28(27)38-32/h10-18,20,24H,4-9,19H2,1-3H3. The Morgan fingerprint density at radius 2 is 1.67 bits per heavy atom. The molecule has 42 heavy (non-hydrogen) atoms. The van der Waals surface area contributed by atoms with E-state index in [1.165, 1.54) is 6.20 Å². The molecule has 1 aliphatic carbocycles. The van der Waals surface area contributed by atoms with Crippen LogP contribution in [0.15, 0.2) is 64.7 Å². The fourth-order valence-electron chi connectivity index (χ4n) is 5.75. The number of aromatic nitrogens is 1. The third kappa shape index (κ3) is 6.26. The first-order valence-electron chi connectivity index (χ1n) is 14.3. The summed E-state index contributed by atoms with van der Waals surface area (Å²) in [7, 11) is 0. The van der Waals surface area contributed by atoms with Gasteiger partial charge in [0, 0.05) is 34.7 Å². The molecule has 3 aromatic rings. The molecule has 1 saturated carbocycles. The Balaban J connectivity index is 1.47. The molecule has 1 aromatic heterocycles. The van der Waals surface area contributed by atoms with Crippen molar-refractivity contribution in [3.05, 3.63) is 87.7 Å². The van der Waals surface area contributed by atoms with Crippen molar-refractivity contribution in [2.75, 3.05) is 13.2 Å².